The maximum atomic E-state index is 5.69. The van der Waals surface area contributed by atoms with Crippen molar-refractivity contribution in [2.45, 2.75) is 45.7 Å². The number of hydrogen-bond acceptors (Lipinski definition) is 4. The zero-order valence-corrected chi connectivity index (χ0v) is 12.4. The van der Waals surface area contributed by atoms with E-state index in [-0.39, 0.29) is 6.04 Å². The molecule has 2 aromatic heterocycles. The molecule has 0 spiro atoms. The molecule has 2 atom stereocenters. The van der Waals surface area contributed by atoms with E-state index in [2.05, 4.69) is 41.5 Å². The Morgan fingerprint density at radius 3 is 2.85 bits per heavy atom. The van der Waals surface area contributed by atoms with Gasteiger partial charge in [-0.25, -0.2) is 0 Å². The minimum absolute atomic E-state index is 0.0528. The Morgan fingerprint density at radius 1 is 1.40 bits per heavy atom. The summed E-state index contributed by atoms with van der Waals surface area (Å²) >= 11 is 0. The number of rotatable bonds is 6. The van der Waals surface area contributed by atoms with Crippen molar-refractivity contribution in [3.63, 3.8) is 0 Å². The molecule has 0 fully saturated rings. The third-order valence-electron chi connectivity index (χ3n) is 3.64. The number of nitrogens with one attached hydrogen (secondary N) is 1. The molecule has 20 heavy (non-hydrogen) atoms. The highest BCUT2D eigenvalue weighted by atomic mass is 15.3. The molecule has 0 aromatic carbocycles. The van der Waals surface area contributed by atoms with E-state index in [1.807, 2.05) is 30.1 Å². The summed E-state index contributed by atoms with van der Waals surface area (Å²) in [5.74, 6) is 5.69. The lowest BCUT2D eigenvalue weighted by molar-refractivity contribution is 0.467. The van der Waals surface area contributed by atoms with Crippen molar-refractivity contribution in [2.75, 3.05) is 0 Å². The van der Waals surface area contributed by atoms with E-state index in [1.165, 1.54) is 0 Å². The number of nitrogens with zero attached hydrogens (tertiary/aromatic N) is 3. The normalized spacial score (nSPS) is 14.2. The van der Waals surface area contributed by atoms with E-state index in [9.17, 15) is 0 Å². The van der Waals surface area contributed by atoms with Crippen LogP contribution in [-0.4, -0.2) is 14.8 Å². The van der Waals surface area contributed by atoms with Gasteiger partial charge in [-0.1, -0.05) is 6.92 Å². The van der Waals surface area contributed by atoms with Crippen LogP contribution in [-0.2, 0) is 6.42 Å². The Bertz CT molecular complexity index is 549. The van der Waals surface area contributed by atoms with E-state index in [0.29, 0.717) is 6.04 Å². The number of pyridine rings is 1. The first-order chi connectivity index (χ1) is 9.63. The molecule has 5 nitrogen and oxygen atoms in total. The number of aryl methyl sites for hydroxylation is 1. The lowest BCUT2D eigenvalue weighted by Crippen LogP contribution is -2.29. The minimum Gasteiger partial charge on any atom is -0.271 e. The standard InChI is InChI=1S/C15H23N5/c1-4-12(3)20-8-6-14(19-20)10-15(18-16)13-5-7-17-11(2)9-13/h5-9,12,15,18H,4,10,16H2,1-3H3. The summed E-state index contributed by atoms with van der Waals surface area (Å²) in [6.07, 6.45) is 5.69. The Morgan fingerprint density at radius 2 is 2.20 bits per heavy atom. The molecule has 0 saturated heterocycles. The van der Waals surface area contributed by atoms with Crippen molar-refractivity contribution < 1.29 is 0 Å². The molecule has 0 amide bonds. The number of nitrogens with two attached hydrogens (primary N) is 1. The van der Waals surface area contributed by atoms with Gasteiger partial charge in [0.15, 0.2) is 0 Å². The van der Waals surface area contributed by atoms with Gasteiger partial charge in [0.2, 0.25) is 0 Å². The molecule has 0 radical (unpaired) electrons. The van der Waals surface area contributed by atoms with Crippen molar-refractivity contribution in [1.82, 2.24) is 20.2 Å². The zero-order chi connectivity index (χ0) is 14.5. The second-order valence-corrected chi connectivity index (χ2v) is 5.20. The second kappa shape index (κ2) is 6.63. The highest BCUT2D eigenvalue weighted by Crippen LogP contribution is 2.18. The lowest BCUT2D eigenvalue weighted by Gasteiger charge is -2.15. The molecule has 3 N–H and O–H groups in total. The molecule has 0 aliphatic rings. The van der Waals surface area contributed by atoms with Gasteiger partial charge in [0, 0.05) is 30.6 Å². The first-order valence-corrected chi connectivity index (χ1v) is 7.06. The summed E-state index contributed by atoms with van der Waals surface area (Å²) in [4.78, 5) is 4.21. The van der Waals surface area contributed by atoms with E-state index < -0.39 is 0 Å². The predicted molar refractivity (Wildman–Crippen MR) is 80.0 cm³/mol. The Hall–Kier alpha value is -1.72. The first kappa shape index (κ1) is 14.7. The van der Waals surface area contributed by atoms with Gasteiger partial charge in [0.05, 0.1) is 11.7 Å². The Kier molecular flexibility index (Phi) is 4.87. The lowest BCUT2D eigenvalue weighted by atomic mass is 10.0. The average molecular weight is 273 g/mol. The summed E-state index contributed by atoms with van der Waals surface area (Å²) in [6, 6.07) is 6.58. The van der Waals surface area contributed by atoms with Crippen molar-refractivity contribution in [3.05, 3.63) is 47.5 Å². The van der Waals surface area contributed by atoms with Crippen LogP contribution in [0.15, 0.2) is 30.6 Å². The van der Waals surface area contributed by atoms with Crippen LogP contribution in [0.3, 0.4) is 0 Å². The van der Waals surface area contributed by atoms with Crippen LogP contribution < -0.4 is 11.3 Å². The van der Waals surface area contributed by atoms with Crippen LogP contribution in [0.5, 0.6) is 0 Å². The van der Waals surface area contributed by atoms with Crippen molar-refractivity contribution >= 4 is 0 Å². The first-order valence-electron chi connectivity index (χ1n) is 7.06. The second-order valence-electron chi connectivity index (χ2n) is 5.20. The van der Waals surface area contributed by atoms with Crippen molar-refractivity contribution in [3.8, 4) is 0 Å². The van der Waals surface area contributed by atoms with Gasteiger partial charge in [0.25, 0.3) is 0 Å². The van der Waals surface area contributed by atoms with Gasteiger partial charge in [0.1, 0.15) is 0 Å². The molecule has 5 heteroatoms. The molecule has 2 aromatic rings. The smallest absolute Gasteiger partial charge is 0.0644 e. The molecule has 0 aliphatic carbocycles. The topological polar surface area (TPSA) is 68.8 Å². The van der Waals surface area contributed by atoms with Gasteiger partial charge in [-0.3, -0.25) is 20.9 Å². The summed E-state index contributed by atoms with van der Waals surface area (Å²) in [7, 11) is 0. The van der Waals surface area contributed by atoms with Crippen LogP contribution in [0.4, 0.5) is 0 Å². The molecule has 2 unspecified atom stereocenters. The van der Waals surface area contributed by atoms with E-state index in [1.54, 1.807) is 0 Å². The maximum Gasteiger partial charge on any atom is 0.0644 e. The molecule has 0 bridgehead atoms. The van der Waals surface area contributed by atoms with Gasteiger partial charge in [-0.2, -0.15) is 5.10 Å². The molecular weight excluding hydrogens is 250 g/mol. The fourth-order valence-corrected chi connectivity index (χ4v) is 2.19. The third-order valence-corrected chi connectivity index (χ3v) is 3.64. The van der Waals surface area contributed by atoms with Gasteiger partial charge >= 0.3 is 0 Å². The zero-order valence-electron chi connectivity index (χ0n) is 12.4. The Balaban J connectivity index is 2.12. The van der Waals surface area contributed by atoms with Crippen LogP contribution in [0, 0.1) is 6.92 Å². The SMILES string of the molecule is CCC(C)n1ccc(CC(NN)c2ccnc(C)c2)n1. The summed E-state index contributed by atoms with van der Waals surface area (Å²) in [5, 5.41) is 4.62. The monoisotopic (exact) mass is 273 g/mol. The summed E-state index contributed by atoms with van der Waals surface area (Å²) < 4.78 is 2.01. The fourth-order valence-electron chi connectivity index (χ4n) is 2.19. The van der Waals surface area contributed by atoms with Crippen molar-refractivity contribution in [1.29, 1.82) is 0 Å². The van der Waals surface area contributed by atoms with E-state index in [0.717, 1.165) is 29.8 Å². The molecular formula is C15H23N5. The molecule has 2 rings (SSSR count). The van der Waals surface area contributed by atoms with Crippen LogP contribution in [0.1, 0.15) is 49.3 Å². The van der Waals surface area contributed by atoms with Crippen LogP contribution in [0.2, 0.25) is 0 Å². The van der Waals surface area contributed by atoms with E-state index in [4.69, 9.17) is 5.84 Å². The van der Waals surface area contributed by atoms with Gasteiger partial charge in [-0.05, 0) is 44.0 Å². The van der Waals surface area contributed by atoms with Crippen LogP contribution in [0.25, 0.3) is 0 Å². The predicted octanol–water partition coefficient (Wildman–Crippen LogP) is 2.30. The largest absolute Gasteiger partial charge is 0.271 e. The molecule has 0 saturated carbocycles. The summed E-state index contributed by atoms with van der Waals surface area (Å²) in [6.45, 7) is 6.31. The quantitative estimate of drug-likeness (QED) is 0.626. The molecule has 0 aliphatic heterocycles. The Labute approximate surface area is 120 Å². The van der Waals surface area contributed by atoms with Crippen LogP contribution >= 0.6 is 0 Å². The molecule has 2 heterocycles. The highest BCUT2D eigenvalue weighted by molar-refractivity contribution is 5.21. The number of aromatic nitrogens is 3. The van der Waals surface area contributed by atoms with E-state index >= 15 is 0 Å². The number of hydrazine groups is 1. The fraction of sp³-hybridized carbons (Fsp3) is 0.467. The minimum atomic E-state index is 0.0528. The van der Waals surface area contributed by atoms with Gasteiger partial charge in [-0.15, -0.1) is 0 Å². The average Bonchev–Trinajstić information content (AvgIpc) is 2.92. The van der Waals surface area contributed by atoms with Gasteiger partial charge < -0.3 is 0 Å². The van der Waals surface area contributed by atoms with Crippen molar-refractivity contribution in [2.24, 2.45) is 5.84 Å². The number of hydrogen-bond donors (Lipinski definition) is 2. The third kappa shape index (κ3) is 3.43. The molecule has 108 valence electrons. The summed E-state index contributed by atoms with van der Waals surface area (Å²) in [5.41, 5.74) is 6.04. The highest BCUT2D eigenvalue weighted by Gasteiger charge is 2.13. The maximum absolute atomic E-state index is 5.69.